The SMILES string of the molecule is CC(C)Cn1cc(NC(=O)NCCc2ccccc2)c2ccccc2c1=O. The summed E-state index contributed by atoms with van der Waals surface area (Å²) in [6.07, 6.45) is 2.50. The highest BCUT2D eigenvalue weighted by atomic mass is 16.2. The summed E-state index contributed by atoms with van der Waals surface area (Å²) >= 11 is 0. The van der Waals surface area contributed by atoms with Crippen LogP contribution in [0.4, 0.5) is 10.5 Å². The topological polar surface area (TPSA) is 63.1 Å². The number of amides is 2. The van der Waals surface area contributed by atoms with Gasteiger partial charge in [-0.2, -0.15) is 0 Å². The highest BCUT2D eigenvalue weighted by Crippen LogP contribution is 2.20. The summed E-state index contributed by atoms with van der Waals surface area (Å²) in [4.78, 5) is 25.0. The van der Waals surface area contributed by atoms with Gasteiger partial charge in [0.2, 0.25) is 0 Å². The number of benzene rings is 2. The van der Waals surface area contributed by atoms with Gasteiger partial charge in [-0.05, 0) is 24.0 Å². The van der Waals surface area contributed by atoms with Gasteiger partial charge in [-0.25, -0.2) is 4.79 Å². The first kappa shape index (κ1) is 18.7. The maximum atomic E-state index is 12.7. The summed E-state index contributed by atoms with van der Waals surface area (Å²) in [5.74, 6) is 0.330. The third-order valence-electron chi connectivity index (χ3n) is 4.35. The Morgan fingerprint density at radius 2 is 1.67 bits per heavy atom. The summed E-state index contributed by atoms with van der Waals surface area (Å²) in [6, 6.07) is 17.1. The number of carbonyl (C=O) groups is 1. The Morgan fingerprint density at radius 3 is 2.37 bits per heavy atom. The van der Waals surface area contributed by atoms with Gasteiger partial charge in [0.15, 0.2) is 0 Å². The van der Waals surface area contributed by atoms with Crippen LogP contribution in [0.3, 0.4) is 0 Å². The number of rotatable bonds is 6. The van der Waals surface area contributed by atoms with Gasteiger partial charge in [-0.1, -0.05) is 62.4 Å². The fourth-order valence-electron chi connectivity index (χ4n) is 3.10. The molecule has 0 aliphatic rings. The zero-order valence-corrected chi connectivity index (χ0v) is 15.7. The van der Waals surface area contributed by atoms with Crippen molar-refractivity contribution in [3.63, 3.8) is 0 Å². The molecule has 0 aliphatic carbocycles. The lowest BCUT2D eigenvalue weighted by atomic mass is 10.1. The van der Waals surface area contributed by atoms with Crippen LogP contribution in [0.15, 0.2) is 65.6 Å². The zero-order chi connectivity index (χ0) is 19.2. The number of fused-ring (bicyclic) bond motifs is 1. The monoisotopic (exact) mass is 363 g/mol. The first-order valence-electron chi connectivity index (χ1n) is 9.25. The van der Waals surface area contributed by atoms with Crippen molar-refractivity contribution in [3.05, 3.63) is 76.7 Å². The second-order valence-electron chi connectivity index (χ2n) is 7.06. The third-order valence-corrected chi connectivity index (χ3v) is 4.35. The van der Waals surface area contributed by atoms with Crippen molar-refractivity contribution in [2.75, 3.05) is 11.9 Å². The molecule has 5 heteroatoms. The van der Waals surface area contributed by atoms with E-state index in [1.54, 1.807) is 16.8 Å². The Hall–Kier alpha value is -3.08. The Balaban J connectivity index is 1.76. The van der Waals surface area contributed by atoms with E-state index in [-0.39, 0.29) is 11.6 Å². The van der Waals surface area contributed by atoms with Crippen LogP contribution >= 0.6 is 0 Å². The summed E-state index contributed by atoms with van der Waals surface area (Å²) < 4.78 is 1.67. The maximum absolute atomic E-state index is 12.7. The van der Waals surface area contributed by atoms with Gasteiger partial charge < -0.3 is 15.2 Å². The molecule has 1 aromatic heterocycles. The number of hydrogen-bond acceptors (Lipinski definition) is 2. The lowest BCUT2D eigenvalue weighted by molar-refractivity contribution is 0.252. The molecule has 0 saturated heterocycles. The summed E-state index contributed by atoms with van der Waals surface area (Å²) in [5, 5.41) is 7.15. The van der Waals surface area contributed by atoms with E-state index in [2.05, 4.69) is 24.5 Å². The number of urea groups is 1. The molecule has 2 N–H and O–H groups in total. The second kappa shape index (κ2) is 8.54. The third kappa shape index (κ3) is 4.76. The number of carbonyl (C=O) groups excluding carboxylic acids is 1. The molecule has 2 aromatic carbocycles. The van der Waals surface area contributed by atoms with E-state index < -0.39 is 0 Å². The van der Waals surface area contributed by atoms with Gasteiger partial charge in [-0.3, -0.25) is 4.79 Å². The molecule has 140 valence electrons. The molecule has 0 radical (unpaired) electrons. The molecule has 0 spiro atoms. The Morgan fingerprint density at radius 1 is 1.00 bits per heavy atom. The second-order valence-corrected chi connectivity index (χ2v) is 7.06. The average molecular weight is 363 g/mol. The molecule has 27 heavy (non-hydrogen) atoms. The molecule has 1 heterocycles. The van der Waals surface area contributed by atoms with E-state index in [1.807, 2.05) is 48.5 Å². The van der Waals surface area contributed by atoms with E-state index in [1.165, 1.54) is 5.56 Å². The highest BCUT2D eigenvalue weighted by molar-refractivity contribution is 6.00. The minimum Gasteiger partial charge on any atom is -0.338 e. The molecule has 0 saturated carbocycles. The molecule has 5 nitrogen and oxygen atoms in total. The van der Waals surface area contributed by atoms with Crippen molar-refractivity contribution in [2.45, 2.75) is 26.8 Å². The number of pyridine rings is 1. The number of nitrogens with one attached hydrogen (secondary N) is 2. The van der Waals surface area contributed by atoms with Gasteiger partial charge in [-0.15, -0.1) is 0 Å². The Labute approximate surface area is 159 Å². The molecule has 0 fully saturated rings. The molecule has 0 unspecified atom stereocenters. The molecule has 3 aromatic rings. The lowest BCUT2D eigenvalue weighted by Gasteiger charge is -2.15. The van der Waals surface area contributed by atoms with E-state index in [0.29, 0.717) is 30.1 Å². The fourth-order valence-corrected chi connectivity index (χ4v) is 3.10. The number of anilines is 1. The normalized spacial score (nSPS) is 10.9. The first-order valence-corrected chi connectivity index (χ1v) is 9.25. The Bertz CT molecular complexity index is 978. The van der Waals surface area contributed by atoms with Crippen LogP contribution in [-0.4, -0.2) is 17.1 Å². The van der Waals surface area contributed by atoms with Gasteiger partial charge in [0, 0.05) is 30.1 Å². The smallest absolute Gasteiger partial charge is 0.319 e. The van der Waals surface area contributed by atoms with Crippen molar-refractivity contribution in [1.82, 2.24) is 9.88 Å². The zero-order valence-electron chi connectivity index (χ0n) is 15.7. The summed E-state index contributed by atoms with van der Waals surface area (Å²) in [6.45, 7) is 5.27. The molecular formula is C22H25N3O2. The van der Waals surface area contributed by atoms with Crippen LogP contribution in [0.1, 0.15) is 19.4 Å². The quantitative estimate of drug-likeness (QED) is 0.695. The average Bonchev–Trinajstić information content (AvgIpc) is 2.66. The summed E-state index contributed by atoms with van der Waals surface area (Å²) in [7, 11) is 0. The summed E-state index contributed by atoms with van der Waals surface area (Å²) in [5.41, 5.74) is 1.78. The van der Waals surface area contributed by atoms with Crippen LogP contribution in [-0.2, 0) is 13.0 Å². The van der Waals surface area contributed by atoms with Gasteiger partial charge in [0.25, 0.3) is 5.56 Å². The van der Waals surface area contributed by atoms with Crippen LogP contribution in [0.2, 0.25) is 0 Å². The van der Waals surface area contributed by atoms with Crippen LogP contribution in [0, 0.1) is 5.92 Å². The first-order chi connectivity index (χ1) is 13.0. The maximum Gasteiger partial charge on any atom is 0.319 e. The molecule has 0 bridgehead atoms. The van der Waals surface area contributed by atoms with Gasteiger partial charge in [0.05, 0.1) is 5.69 Å². The van der Waals surface area contributed by atoms with Crippen molar-refractivity contribution in [3.8, 4) is 0 Å². The molecule has 3 rings (SSSR count). The van der Waals surface area contributed by atoms with Crippen molar-refractivity contribution in [1.29, 1.82) is 0 Å². The largest absolute Gasteiger partial charge is 0.338 e. The van der Waals surface area contributed by atoms with E-state index in [9.17, 15) is 9.59 Å². The van der Waals surface area contributed by atoms with E-state index in [4.69, 9.17) is 0 Å². The van der Waals surface area contributed by atoms with Gasteiger partial charge >= 0.3 is 6.03 Å². The number of aromatic nitrogens is 1. The molecule has 0 aliphatic heterocycles. The standard InChI is InChI=1S/C22H25N3O2/c1-16(2)14-25-15-20(18-10-6-7-11-19(18)21(25)26)24-22(27)23-13-12-17-8-4-3-5-9-17/h3-11,15-16H,12-14H2,1-2H3,(H2,23,24,27). The van der Waals surface area contributed by atoms with Crippen molar-refractivity contribution >= 4 is 22.5 Å². The predicted molar refractivity (Wildman–Crippen MR) is 110 cm³/mol. The Kier molecular flexibility index (Phi) is 5.91. The highest BCUT2D eigenvalue weighted by Gasteiger charge is 2.11. The van der Waals surface area contributed by atoms with Crippen LogP contribution in [0.5, 0.6) is 0 Å². The number of hydrogen-bond donors (Lipinski definition) is 2. The van der Waals surface area contributed by atoms with Crippen LogP contribution in [0.25, 0.3) is 10.8 Å². The molecule has 0 atom stereocenters. The minimum absolute atomic E-state index is 0.0330. The van der Waals surface area contributed by atoms with Crippen LogP contribution < -0.4 is 16.2 Å². The van der Waals surface area contributed by atoms with Crippen molar-refractivity contribution in [2.24, 2.45) is 5.92 Å². The van der Waals surface area contributed by atoms with Crippen molar-refractivity contribution < 1.29 is 4.79 Å². The predicted octanol–water partition coefficient (Wildman–Crippen LogP) is 4.02. The van der Waals surface area contributed by atoms with E-state index in [0.717, 1.165) is 11.8 Å². The molecular weight excluding hydrogens is 338 g/mol. The van der Waals surface area contributed by atoms with Gasteiger partial charge in [0.1, 0.15) is 0 Å². The lowest BCUT2D eigenvalue weighted by Crippen LogP contribution is -2.31. The molecule has 2 amide bonds. The number of nitrogens with zero attached hydrogens (tertiary/aromatic N) is 1. The minimum atomic E-state index is -0.272. The van der Waals surface area contributed by atoms with E-state index >= 15 is 0 Å². The fraction of sp³-hybridized carbons (Fsp3) is 0.273.